The minimum absolute atomic E-state index is 0.0604. The van der Waals surface area contributed by atoms with E-state index < -0.39 is 64.9 Å². The molecular weight excluding hydrogens is 372 g/mol. The fourth-order valence-electron chi connectivity index (χ4n) is 2.08. The van der Waals surface area contributed by atoms with E-state index in [0.29, 0.717) is 0 Å². The molecule has 1 rings (SSSR count). The zero-order chi connectivity index (χ0) is 22.0. The molecule has 0 spiro atoms. The van der Waals surface area contributed by atoms with Gasteiger partial charge in [-0.05, 0) is 24.9 Å². The third-order valence-electron chi connectivity index (χ3n) is 2.88. The Morgan fingerprint density at radius 3 is 0.958 bits per heavy atom. The summed E-state index contributed by atoms with van der Waals surface area (Å²) in [6.45, 7) is -4.28. The van der Waals surface area contributed by atoms with E-state index in [0.717, 1.165) is 0 Å². The zero-order valence-electron chi connectivity index (χ0n) is 14.0. The van der Waals surface area contributed by atoms with Gasteiger partial charge >= 0.3 is 24.7 Å². The van der Waals surface area contributed by atoms with Gasteiger partial charge in [-0.15, -0.1) is 0 Å². The normalized spacial score (nSPS) is 16.6. The lowest BCUT2D eigenvalue weighted by molar-refractivity contribution is -0.183. The van der Waals surface area contributed by atoms with Crippen LogP contribution in [0.4, 0.5) is 52.7 Å². The maximum Gasteiger partial charge on any atom is 0.417 e. The number of hydrogen-bond acceptors (Lipinski definition) is 0. The summed E-state index contributed by atoms with van der Waals surface area (Å²) in [6, 6.07) is 0. The average Bonchev–Trinajstić information content (AvgIpc) is 2.29. The second-order valence-electron chi connectivity index (χ2n) is 4.49. The van der Waals surface area contributed by atoms with Crippen LogP contribution in [0.25, 0.3) is 0 Å². The first kappa shape index (κ1) is 15.9. The van der Waals surface area contributed by atoms with E-state index in [1.165, 1.54) is 0 Å². The molecule has 1 aromatic carbocycles. The summed E-state index contributed by atoms with van der Waals surface area (Å²) >= 11 is 0. The molecule has 0 saturated heterocycles. The SMILES string of the molecule is [2H]C([2H])([2H])c1c(C)c(C(F)(F)F)c(C(F)(F)F)c(C(F)(F)F)c1C(F)(F)F. The van der Waals surface area contributed by atoms with Crippen molar-refractivity contribution in [3.63, 3.8) is 0 Å². The molecule has 1 aromatic rings. The van der Waals surface area contributed by atoms with Gasteiger partial charge in [0.2, 0.25) is 0 Å². The number of hydrogen-bond donors (Lipinski definition) is 0. The van der Waals surface area contributed by atoms with E-state index in [1.807, 2.05) is 0 Å². The van der Waals surface area contributed by atoms with E-state index >= 15 is 0 Å². The Bertz CT molecular complexity index is 678. The highest BCUT2D eigenvalue weighted by Gasteiger charge is 2.56. The van der Waals surface area contributed by atoms with E-state index in [1.54, 1.807) is 0 Å². The second kappa shape index (κ2) is 5.45. The lowest BCUT2D eigenvalue weighted by atomic mass is 9.86. The molecule has 0 fully saturated rings. The van der Waals surface area contributed by atoms with Gasteiger partial charge < -0.3 is 0 Å². The quantitative estimate of drug-likeness (QED) is 0.458. The van der Waals surface area contributed by atoms with Crippen molar-refractivity contribution >= 4 is 0 Å². The minimum Gasteiger partial charge on any atom is -0.166 e. The first-order valence-electron chi connectivity index (χ1n) is 7.02. The van der Waals surface area contributed by atoms with Gasteiger partial charge in [0.1, 0.15) is 0 Å². The van der Waals surface area contributed by atoms with Crippen LogP contribution in [0, 0.1) is 13.8 Å². The molecule has 0 amide bonds. The predicted molar refractivity (Wildman–Crippen MR) is 55.9 cm³/mol. The Hall–Kier alpha value is -1.62. The smallest absolute Gasteiger partial charge is 0.166 e. The molecule has 0 N–H and O–H groups in total. The number of benzene rings is 1. The highest BCUT2D eigenvalue weighted by atomic mass is 19.4. The second-order valence-corrected chi connectivity index (χ2v) is 4.49. The molecule has 0 unspecified atom stereocenters. The summed E-state index contributed by atoms with van der Waals surface area (Å²) in [4.78, 5) is 0. The van der Waals surface area contributed by atoms with Crippen LogP contribution in [0.15, 0.2) is 0 Å². The molecule has 0 bridgehead atoms. The lowest BCUT2D eigenvalue weighted by Gasteiger charge is -2.28. The van der Waals surface area contributed by atoms with Crippen LogP contribution in [0.2, 0.25) is 0 Å². The van der Waals surface area contributed by atoms with Crippen LogP contribution in [0.3, 0.4) is 0 Å². The van der Waals surface area contributed by atoms with Crippen LogP contribution in [-0.2, 0) is 24.7 Å². The summed E-state index contributed by atoms with van der Waals surface area (Å²) < 4.78 is 178. The Balaban J connectivity index is 4.58. The van der Waals surface area contributed by atoms with Gasteiger partial charge in [-0.1, -0.05) is 0 Å². The Morgan fingerprint density at radius 2 is 0.750 bits per heavy atom. The molecule has 138 valence electrons. The lowest BCUT2D eigenvalue weighted by Crippen LogP contribution is -2.29. The van der Waals surface area contributed by atoms with Crippen LogP contribution in [-0.4, -0.2) is 0 Å². The summed E-state index contributed by atoms with van der Waals surface area (Å²) in [5, 5.41) is 0. The van der Waals surface area contributed by atoms with E-state index in [9.17, 15) is 52.7 Å². The molecule has 0 saturated carbocycles. The summed E-state index contributed by atoms with van der Waals surface area (Å²) in [5.74, 6) is 0. The van der Waals surface area contributed by atoms with E-state index in [2.05, 4.69) is 0 Å². The zero-order valence-corrected chi connectivity index (χ0v) is 11.0. The Kier molecular flexibility index (Phi) is 3.60. The highest BCUT2D eigenvalue weighted by molar-refractivity contribution is 5.55. The standard InChI is InChI=1S/C12H6F12/c1-3-4(2)6(10(16,17)18)8(12(22,23)24)7(11(19,20)21)5(3)9(13,14)15/h1-2H3/i1D3. The van der Waals surface area contributed by atoms with Gasteiger partial charge in [-0.2, -0.15) is 52.7 Å². The van der Waals surface area contributed by atoms with Crippen LogP contribution < -0.4 is 0 Å². The third kappa shape index (κ3) is 3.56. The maximum absolute atomic E-state index is 13.1. The van der Waals surface area contributed by atoms with Crippen molar-refractivity contribution in [1.82, 2.24) is 0 Å². The van der Waals surface area contributed by atoms with Crippen molar-refractivity contribution in [1.29, 1.82) is 0 Å². The number of halogens is 12. The van der Waals surface area contributed by atoms with Crippen molar-refractivity contribution in [3.8, 4) is 0 Å². The van der Waals surface area contributed by atoms with Gasteiger partial charge in [0.05, 0.1) is 22.3 Å². The molecule has 0 radical (unpaired) electrons. The molecule has 0 nitrogen and oxygen atoms in total. The van der Waals surface area contributed by atoms with Gasteiger partial charge in [0.15, 0.2) is 0 Å². The first-order chi connectivity index (χ1) is 11.5. The highest BCUT2D eigenvalue weighted by Crippen LogP contribution is 2.53. The molecule has 0 aromatic heterocycles. The number of rotatable bonds is 0. The fourth-order valence-corrected chi connectivity index (χ4v) is 2.08. The third-order valence-corrected chi connectivity index (χ3v) is 2.88. The maximum atomic E-state index is 13.1. The fraction of sp³-hybridized carbons (Fsp3) is 0.500. The monoisotopic (exact) mass is 381 g/mol. The first-order valence-corrected chi connectivity index (χ1v) is 5.52. The van der Waals surface area contributed by atoms with Gasteiger partial charge in [0, 0.05) is 4.11 Å². The van der Waals surface area contributed by atoms with Gasteiger partial charge in [0.25, 0.3) is 0 Å². The molecule has 0 aliphatic heterocycles. The Morgan fingerprint density at radius 1 is 0.500 bits per heavy atom. The summed E-state index contributed by atoms with van der Waals surface area (Å²) in [5.41, 5.74) is -18.5. The molecular formula is C12H6F12. The molecule has 0 aliphatic rings. The van der Waals surface area contributed by atoms with E-state index in [-0.39, 0.29) is 6.92 Å². The molecule has 0 aliphatic carbocycles. The van der Waals surface area contributed by atoms with Crippen molar-refractivity contribution in [3.05, 3.63) is 33.4 Å². The van der Waals surface area contributed by atoms with Crippen molar-refractivity contribution in [2.45, 2.75) is 38.5 Å². The van der Waals surface area contributed by atoms with Gasteiger partial charge in [-0.25, -0.2) is 0 Å². The predicted octanol–water partition coefficient (Wildman–Crippen LogP) is 6.38. The van der Waals surface area contributed by atoms with Crippen LogP contribution in [0.1, 0.15) is 37.5 Å². The van der Waals surface area contributed by atoms with Crippen molar-refractivity contribution in [2.24, 2.45) is 0 Å². The average molecular weight is 381 g/mol. The largest absolute Gasteiger partial charge is 0.417 e. The van der Waals surface area contributed by atoms with Crippen LogP contribution >= 0.6 is 0 Å². The van der Waals surface area contributed by atoms with Crippen molar-refractivity contribution < 1.29 is 56.8 Å². The number of alkyl halides is 12. The topological polar surface area (TPSA) is 0 Å². The Labute approximate surface area is 130 Å². The minimum atomic E-state index is -6.59. The van der Waals surface area contributed by atoms with E-state index in [4.69, 9.17) is 4.11 Å². The molecule has 0 heterocycles. The van der Waals surface area contributed by atoms with Crippen molar-refractivity contribution in [2.75, 3.05) is 0 Å². The molecule has 24 heavy (non-hydrogen) atoms. The van der Waals surface area contributed by atoms with Gasteiger partial charge in [-0.3, -0.25) is 0 Å². The summed E-state index contributed by atoms with van der Waals surface area (Å²) in [6.07, 6.45) is -25.7. The molecule has 0 atom stereocenters. The summed E-state index contributed by atoms with van der Waals surface area (Å²) in [7, 11) is 0. The molecule has 12 heteroatoms. The van der Waals surface area contributed by atoms with Crippen LogP contribution in [0.5, 0.6) is 0 Å².